The smallest absolute Gasteiger partial charge is 0.345 e. The van der Waals surface area contributed by atoms with Gasteiger partial charge in [0, 0.05) is 24.4 Å². The summed E-state index contributed by atoms with van der Waals surface area (Å²) in [5.41, 5.74) is 2.80. The minimum atomic E-state index is -0.370. The fourth-order valence-corrected chi connectivity index (χ4v) is 3.27. The van der Waals surface area contributed by atoms with Crippen LogP contribution >= 0.6 is 0 Å². The van der Waals surface area contributed by atoms with E-state index < -0.39 is 0 Å². The van der Waals surface area contributed by atoms with Crippen LogP contribution < -0.4 is 5.69 Å². The molecule has 0 radical (unpaired) electrons. The van der Waals surface area contributed by atoms with Gasteiger partial charge in [0.25, 0.3) is 0 Å². The number of hydrogen-bond acceptors (Lipinski definition) is 4. The third-order valence-corrected chi connectivity index (χ3v) is 4.70. The number of halogens is 1. The number of ether oxygens (including phenoxy) is 1. The first-order chi connectivity index (χ1) is 12.4. The van der Waals surface area contributed by atoms with Crippen molar-refractivity contribution in [1.82, 2.24) is 14.9 Å². The monoisotopic (exact) mass is 359 g/mol. The van der Waals surface area contributed by atoms with Crippen LogP contribution in [0.1, 0.15) is 35.0 Å². The molecule has 138 valence electrons. The van der Waals surface area contributed by atoms with Crippen LogP contribution in [-0.4, -0.2) is 40.5 Å². The molecule has 2 heterocycles. The normalized spacial score (nSPS) is 17.3. The number of hydrogen-bond donors (Lipinski definition) is 1. The van der Waals surface area contributed by atoms with Gasteiger partial charge in [0.2, 0.25) is 5.91 Å². The van der Waals surface area contributed by atoms with Crippen LogP contribution in [0.5, 0.6) is 0 Å². The Balaban J connectivity index is 1.63. The van der Waals surface area contributed by atoms with Crippen molar-refractivity contribution < 1.29 is 13.9 Å². The fourth-order valence-electron chi connectivity index (χ4n) is 3.27. The first-order valence-corrected chi connectivity index (χ1v) is 8.65. The van der Waals surface area contributed by atoms with Gasteiger partial charge < -0.3 is 14.6 Å². The van der Waals surface area contributed by atoms with Gasteiger partial charge in [-0.15, -0.1) is 0 Å². The number of aromatic amines is 1. The van der Waals surface area contributed by atoms with Crippen molar-refractivity contribution in [2.75, 3.05) is 19.7 Å². The highest BCUT2D eigenvalue weighted by atomic mass is 19.1. The zero-order chi connectivity index (χ0) is 18.7. The summed E-state index contributed by atoms with van der Waals surface area (Å²) >= 11 is 0. The van der Waals surface area contributed by atoms with Gasteiger partial charge in [0.05, 0.1) is 13.2 Å². The maximum atomic E-state index is 13.1. The summed E-state index contributed by atoms with van der Waals surface area (Å²) in [6, 6.07) is 6.17. The largest absolute Gasteiger partial charge is 0.370 e. The molecule has 6 nitrogen and oxygen atoms in total. The molecule has 7 heteroatoms. The minimum Gasteiger partial charge on any atom is -0.370 e. The molecular weight excluding hydrogens is 337 g/mol. The summed E-state index contributed by atoms with van der Waals surface area (Å²) in [5, 5.41) is 0. The molecule has 1 fully saturated rings. The number of nitrogens with zero attached hydrogens (tertiary/aromatic N) is 2. The van der Waals surface area contributed by atoms with E-state index in [4.69, 9.17) is 4.74 Å². The van der Waals surface area contributed by atoms with Crippen molar-refractivity contribution in [3.63, 3.8) is 0 Å². The molecule has 1 aromatic heterocycles. The Morgan fingerprint density at radius 1 is 1.35 bits per heavy atom. The summed E-state index contributed by atoms with van der Waals surface area (Å²) in [4.78, 5) is 32.3. The number of amides is 1. The molecule has 0 aliphatic carbocycles. The number of carbonyl (C=O) groups excluding carboxylic acids is 1. The van der Waals surface area contributed by atoms with Crippen LogP contribution in [0.15, 0.2) is 29.1 Å². The van der Waals surface area contributed by atoms with Crippen LogP contribution in [-0.2, 0) is 16.0 Å². The number of rotatable bonds is 4. The molecule has 0 spiro atoms. The van der Waals surface area contributed by atoms with Gasteiger partial charge in [0.1, 0.15) is 11.9 Å². The molecule has 1 aromatic carbocycles. The highest BCUT2D eigenvalue weighted by Crippen LogP contribution is 2.23. The van der Waals surface area contributed by atoms with Crippen LogP contribution in [0.4, 0.5) is 4.39 Å². The number of aromatic nitrogens is 2. The topological polar surface area (TPSA) is 75.3 Å². The molecule has 1 aliphatic rings. The Morgan fingerprint density at radius 3 is 2.77 bits per heavy atom. The van der Waals surface area contributed by atoms with Crippen molar-refractivity contribution in [3.05, 3.63) is 63.1 Å². The van der Waals surface area contributed by atoms with Gasteiger partial charge in [-0.1, -0.05) is 12.1 Å². The minimum absolute atomic E-state index is 0.0328. The molecule has 1 amide bonds. The molecule has 1 saturated heterocycles. The van der Waals surface area contributed by atoms with Crippen molar-refractivity contribution in [3.8, 4) is 0 Å². The summed E-state index contributed by atoms with van der Waals surface area (Å²) in [6.45, 7) is 5.03. The van der Waals surface area contributed by atoms with E-state index in [0.717, 1.165) is 16.8 Å². The highest BCUT2D eigenvalue weighted by molar-refractivity contribution is 5.76. The molecule has 0 saturated carbocycles. The number of morpholine rings is 1. The quantitative estimate of drug-likeness (QED) is 0.907. The van der Waals surface area contributed by atoms with Gasteiger partial charge in [0.15, 0.2) is 0 Å². The average Bonchev–Trinajstić information content (AvgIpc) is 2.61. The molecular formula is C19H22FN3O3. The molecule has 1 aliphatic heterocycles. The second-order valence-corrected chi connectivity index (χ2v) is 6.48. The first-order valence-electron chi connectivity index (χ1n) is 8.65. The number of nitrogens with one attached hydrogen (secondary N) is 1. The zero-order valence-electron chi connectivity index (χ0n) is 14.9. The van der Waals surface area contributed by atoms with Crippen LogP contribution in [0.25, 0.3) is 0 Å². The third-order valence-electron chi connectivity index (χ3n) is 4.70. The maximum absolute atomic E-state index is 13.1. The molecule has 26 heavy (non-hydrogen) atoms. The third kappa shape index (κ3) is 4.16. The van der Waals surface area contributed by atoms with Crippen LogP contribution in [0, 0.1) is 19.7 Å². The maximum Gasteiger partial charge on any atom is 0.345 e. The summed E-state index contributed by atoms with van der Waals surface area (Å²) < 4.78 is 18.8. The van der Waals surface area contributed by atoms with Crippen molar-refractivity contribution in [2.45, 2.75) is 32.8 Å². The van der Waals surface area contributed by atoms with Gasteiger partial charge in [-0.2, -0.15) is 4.98 Å². The van der Waals surface area contributed by atoms with E-state index in [2.05, 4.69) is 9.97 Å². The summed E-state index contributed by atoms with van der Waals surface area (Å²) in [6.07, 6.45) is 0.622. The average molecular weight is 359 g/mol. The molecule has 1 N–H and O–H groups in total. The van der Waals surface area contributed by atoms with E-state index in [-0.39, 0.29) is 23.5 Å². The van der Waals surface area contributed by atoms with E-state index in [1.165, 1.54) is 12.1 Å². The van der Waals surface area contributed by atoms with E-state index in [1.807, 2.05) is 6.92 Å². The summed E-state index contributed by atoms with van der Waals surface area (Å²) in [5.74, 6) is -0.261. The van der Waals surface area contributed by atoms with Gasteiger partial charge >= 0.3 is 5.69 Å². The van der Waals surface area contributed by atoms with E-state index in [0.29, 0.717) is 38.2 Å². The lowest BCUT2D eigenvalue weighted by Crippen LogP contribution is -2.42. The lowest BCUT2D eigenvalue weighted by atomic mass is 10.0. The number of aryl methyl sites for hydroxylation is 2. The molecule has 0 bridgehead atoms. The number of H-pyrrole nitrogens is 1. The lowest BCUT2D eigenvalue weighted by Gasteiger charge is -2.33. The van der Waals surface area contributed by atoms with Gasteiger partial charge in [-0.25, -0.2) is 9.18 Å². The molecule has 2 aromatic rings. The van der Waals surface area contributed by atoms with Crippen LogP contribution in [0.3, 0.4) is 0 Å². The van der Waals surface area contributed by atoms with E-state index in [9.17, 15) is 14.0 Å². The molecule has 1 unspecified atom stereocenters. The first kappa shape index (κ1) is 18.3. The number of benzene rings is 1. The fraction of sp³-hybridized carbons (Fsp3) is 0.421. The zero-order valence-corrected chi connectivity index (χ0v) is 14.9. The van der Waals surface area contributed by atoms with E-state index in [1.54, 1.807) is 24.0 Å². The molecule has 3 rings (SSSR count). The lowest BCUT2D eigenvalue weighted by molar-refractivity contribution is -0.139. The van der Waals surface area contributed by atoms with Crippen molar-refractivity contribution in [1.29, 1.82) is 0 Å². The second kappa shape index (κ2) is 7.78. The second-order valence-electron chi connectivity index (χ2n) is 6.48. The molecule has 1 atom stereocenters. The Bertz CT molecular complexity index is 822. The van der Waals surface area contributed by atoms with Crippen LogP contribution in [0.2, 0.25) is 0 Å². The standard InChI is InChI=1S/C19H22FN3O3/c1-12-16(13(2)22-19(25)21-12)7-8-18(24)23-9-10-26-17(11-23)14-3-5-15(20)6-4-14/h3-6,17H,7-11H2,1-2H3,(H,21,22,25). The Kier molecular flexibility index (Phi) is 5.46. The highest BCUT2D eigenvalue weighted by Gasteiger charge is 2.25. The Morgan fingerprint density at radius 2 is 2.08 bits per heavy atom. The Hall–Kier alpha value is -2.54. The Labute approximate surface area is 151 Å². The van der Waals surface area contributed by atoms with Gasteiger partial charge in [-0.3, -0.25) is 4.79 Å². The SMILES string of the molecule is Cc1nc(=O)[nH]c(C)c1CCC(=O)N1CCOC(c2ccc(F)cc2)C1. The predicted molar refractivity (Wildman–Crippen MR) is 94.3 cm³/mol. The van der Waals surface area contributed by atoms with Gasteiger partial charge in [-0.05, 0) is 43.5 Å². The van der Waals surface area contributed by atoms with Crippen molar-refractivity contribution >= 4 is 5.91 Å². The van der Waals surface area contributed by atoms with E-state index >= 15 is 0 Å². The predicted octanol–water partition coefficient (Wildman–Crippen LogP) is 2.06. The van der Waals surface area contributed by atoms with Crippen molar-refractivity contribution in [2.24, 2.45) is 0 Å². The number of carbonyl (C=O) groups is 1. The summed E-state index contributed by atoms with van der Waals surface area (Å²) in [7, 11) is 0.